The van der Waals surface area contributed by atoms with Crippen molar-refractivity contribution in [3.8, 4) is 0 Å². The third-order valence-electron chi connectivity index (χ3n) is 13.5. The summed E-state index contributed by atoms with van der Waals surface area (Å²) >= 11 is 0. The average molecular weight is 773 g/mol. The molecule has 0 unspecified atom stereocenters. The van der Waals surface area contributed by atoms with Crippen LogP contribution in [-0.2, 0) is 26.2 Å². The van der Waals surface area contributed by atoms with Gasteiger partial charge in [-0.1, -0.05) is 130 Å². The Hall–Kier alpha value is -1.88. The van der Waals surface area contributed by atoms with E-state index in [1.807, 2.05) is 0 Å². The van der Waals surface area contributed by atoms with E-state index in [9.17, 15) is 0 Å². The van der Waals surface area contributed by atoms with Crippen molar-refractivity contribution in [2.75, 3.05) is 26.2 Å². The van der Waals surface area contributed by atoms with E-state index in [0.717, 1.165) is 52.4 Å². The molecule has 8 heteroatoms. The van der Waals surface area contributed by atoms with Gasteiger partial charge < -0.3 is 42.5 Å². The maximum atomic E-state index is 4.04. The summed E-state index contributed by atoms with van der Waals surface area (Å²) in [5.74, 6) is 2.23. The minimum Gasteiger partial charge on any atom is -0.311 e. The quantitative estimate of drug-likeness (QED) is 0.172. The van der Waals surface area contributed by atoms with Gasteiger partial charge >= 0.3 is 0 Å². The second-order valence-electron chi connectivity index (χ2n) is 19.2. The lowest BCUT2D eigenvalue weighted by Gasteiger charge is -2.36. The lowest BCUT2D eigenvalue weighted by molar-refractivity contribution is 0.250. The van der Waals surface area contributed by atoms with Gasteiger partial charge in [0.05, 0.1) is 0 Å². The zero-order valence-electron chi connectivity index (χ0n) is 36.9. The fourth-order valence-electron chi connectivity index (χ4n) is 9.07. The highest BCUT2D eigenvalue weighted by Crippen LogP contribution is 2.21. The zero-order chi connectivity index (χ0) is 39.9. The van der Waals surface area contributed by atoms with Crippen molar-refractivity contribution < 1.29 is 0 Å². The molecule has 0 saturated heterocycles. The lowest BCUT2D eigenvalue weighted by atomic mass is 9.89. The molecule has 2 aromatic rings. The summed E-state index contributed by atoms with van der Waals surface area (Å²) in [6.45, 7) is 26.5. The molecular weight excluding hydrogens is 689 g/mol. The summed E-state index contributed by atoms with van der Waals surface area (Å²) in [5.41, 5.74) is 5.44. The van der Waals surface area contributed by atoms with Crippen LogP contribution in [0.2, 0.25) is 0 Å². The van der Waals surface area contributed by atoms with E-state index < -0.39 is 0 Å². The smallest absolute Gasteiger partial charge is 0.0221 e. The molecule has 2 fully saturated rings. The Morgan fingerprint density at radius 3 is 0.696 bits per heavy atom. The van der Waals surface area contributed by atoms with E-state index in [4.69, 9.17) is 0 Å². The summed E-state index contributed by atoms with van der Waals surface area (Å²) in [7, 11) is 0. The number of nitrogens with one attached hydrogen (secondary N) is 8. The maximum Gasteiger partial charge on any atom is 0.0221 e. The van der Waals surface area contributed by atoms with E-state index in [-0.39, 0.29) is 0 Å². The van der Waals surface area contributed by atoms with Crippen LogP contribution in [0.5, 0.6) is 0 Å². The summed E-state index contributed by atoms with van der Waals surface area (Å²) in [4.78, 5) is 0. The van der Waals surface area contributed by atoms with Gasteiger partial charge in [0.2, 0.25) is 0 Å². The monoisotopic (exact) mass is 773 g/mol. The van der Waals surface area contributed by atoms with Gasteiger partial charge in [0, 0.05) is 101 Å². The zero-order valence-corrected chi connectivity index (χ0v) is 36.9. The minimum absolute atomic E-state index is 0.426. The lowest BCUT2D eigenvalue weighted by Crippen LogP contribution is -2.56. The highest BCUT2D eigenvalue weighted by atomic mass is 15.1. The van der Waals surface area contributed by atoms with Crippen molar-refractivity contribution in [2.24, 2.45) is 23.7 Å². The first kappa shape index (κ1) is 45.2. The van der Waals surface area contributed by atoms with Crippen LogP contribution in [0.1, 0.15) is 129 Å². The molecule has 56 heavy (non-hydrogen) atoms. The normalized spacial score (nSPS) is 30.5. The molecular formula is C48H84N8. The Bertz CT molecular complexity index is 1140. The number of hydrogen-bond donors (Lipinski definition) is 8. The average Bonchev–Trinajstić information content (AvgIpc) is 3.18. The molecule has 4 heterocycles. The Labute approximate surface area is 343 Å². The topological polar surface area (TPSA) is 96.2 Å². The molecule has 8 N–H and O–H groups in total. The van der Waals surface area contributed by atoms with E-state index in [1.54, 1.807) is 0 Å². The van der Waals surface area contributed by atoms with Crippen LogP contribution in [-0.4, -0.2) is 74.5 Å². The molecule has 4 aliphatic heterocycles. The van der Waals surface area contributed by atoms with Gasteiger partial charge in [0.1, 0.15) is 0 Å². The molecule has 0 amide bonds. The molecule has 8 nitrogen and oxygen atoms in total. The van der Waals surface area contributed by atoms with E-state index in [0.29, 0.717) is 72.0 Å². The number of benzene rings is 2. The molecule has 4 bridgehead atoms. The van der Waals surface area contributed by atoms with Gasteiger partial charge in [-0.05, 0) is 71.6 Å². The van der Waals surface area contributed by atoms with Crippen LogP contribution in [0.25, 0.3) is 0 Å². The molecule has 316 valence electrons. The standard InChI is InChI=1S/C48H84N8/c1-33(2)45-29-53-41-13-9-10-14-42(41)54-30-46(34(3)4)51-27-39-21-23-40(24-22-39)28-52-48(36(7)8)32-56-44-16-12-11-15-43(44)55-31-47(35(5)6)50-26-38-19-17-37(18-20-38)25-49-45/h17-24,33-36,41-56H,9-16,25-32H2,1-8H3/t41-,42-,43-,44-,45+,46+,47+,48+/m1/s1. The molecule has 6 aliphatic rings. The molecule has 2 aromatic carbocycles. The second kappa shape index (κ2) is 23.6. The Kier molecular flexibility index (Phi) is 19.1. The SMILES string of the molecule is CC(C)[C@@H]1CN[C@@H]2CCCC[C@H]2NC[C@@H](C(C)C)NCc2ccc(cc2)CN[C@H](C(C)C)CN[C@@H]2CCCC[C@H]2NC[C@@H](C(C)C)NCc2ccc(cc2)CN1. The molecule has 2 saturated carbocycles. The Morgan fingerprint density at radius 1 is 0.321 bits per heavy atom. The fraction of sp³-hybridized carbons (Fsp3) is 0.750. The van der Waals surface area contributed by atoms with Crippen molar-refractivity contribution in [3.63, 3.8) is 0 Å². The Morgan fingerprint density at radius 2 is 0.518 bits per heavy atom. The highest BCUT2D eigenvalue weighted by molar-refractivity contribution is 5.23. The third kappa shape index (κ3) is 14.7. The largest absolute Gasteiger partial charge is 0.311 e. The van der Waals surface area contributed by atoms with Gasteiger partial charge in [0.25, 0.3) is 0 Å². The minimum atomic E-state index is 0.426. The molecule has 8 atom stereocenters. The second-order valence-corrected chi connectivity index (χ2v) is 19.2. The van der Waals surface area contributed by atoms with Gasteiger partial charge in [-0.3, -0.25) is 0 Å². The van der Waals surface area contributed by atoms with Crippen molar-refractivity contribution in [1.29, 1.82) is 0 Å². The Balaban J connectivity index is 1.27. The van der Waals surface area contributed by atoms with Crippen LogP contribution in [0.15, 0.2) is 48.5 Å². The molecule has 0 aromatic heterocycles. The van der Waals surface area contributed by atoms with Crippen LogP contribution >= 0.6 is 0 Å². The third-order valence-corrected chi connectivity index (χ3v) is 13.5. The van der Waals surface area contributed by atoms with Gasteiger partial charge in [0.15, 0.2) is 0 Å². The highest BCUT2D eigenvalue weighted by Gasteiger charge is 2.29. The van der Waals surface area contributed by atoms with Crippen LogP contribution < -0.4 is 42.5 Å². The first-order valence-electron chi connectivity index (χ1n) is 23.1. The summed E-state index contributed by atoms with van der Waals surface area (Å²) in [6.07, 6.45) is 10.3. The summed E-state index contributed by atoms with van der Waals surface area (Å²) in [5, 5.41) is 31.9. The predicted octanol–water partition coefficient (Wildman–Crippen LogP) is 6.84. The summed E-state index contributed by atoms with van der Waals surface area (Å²) in [6, 6.07) is 22.4. The van der Waals surface area contributed by atoms with Crippen LogP contribution in [0.4, 0.5) is 0 Å². The predicted molar refractivity (Wildman–Crippen MR) is 239 cm³/mol. The number of rotatable bonds is 4. The van der Waals surface area contributed by atoms with Crippen molar-refractivity contribution in [2.45, 2.75) is 181 Å². The number of hydrogen-bond acceptors (Lipinski definition) is 8. The van der Waals surface area contributed by atoms with Crippen LogP contribution in [0, 0.1) is 23.7 Å². The van der Waals surface area contributed by atoms with Crippen molar-refractivity contribution >= 4 is 0 Å². The van der Waals surface area contributed by atoms with Gasteiger partial charge in [-0.2, -0.15) is 0 Å². The van der Waals surface area contributed by atoms with Gasteiger partial charge in [-0.25, -0.2) is 0 Å². The van der Waals surface area contributed by atoms with Crippen LogP contribution in [0.3, 0.4) is 0 Å². The first-order chi connectivity index (χ1) is 27.0. The maximum absolute atomic E-state index is 4.04. The van der Waals surface area contributed by atoms with E-state index in [1.165, 1.54) is 73.6 Å². The van der Waals surface area contributed by atoms with Crippen molar-refractivity contribution in [3.05, 3.63) is 70.8 Å². The van der Waals surface area contributed by atoms with E-state index >= 15 is 0 Å². The molecule has 0 radical (unpaired) electrons. The molecule has 2 aliphatic carbocycles. The first-order valence-corrected chi connectivity index (χ1v) is 23.1. The van der Waals surface area contributed by atoms with E-state index in [2.05, 4.69) is 146 Å². The fourth-order valence-corrected chi connectivity index (χ4v) is 9.07. The summed E-state index contributed by atoms with van der Waals surface area (Å²) < 4.78 is 0. The molecule has 0 spiro atoms. The van der Waals surface area contributed by atoms with Gasteiger partial charge in [-0.15, -0.1) is 0 Å². The van der Waals surface area contributed by atoms with Crippen molar-refractivity contribution in [1.82, 2.24) is 42.5 Å². The molecule has 8 rings (SSSR count).